The van der Waals surface area contributed by atoms with Crippen molar-refractivity contribution < 1.29 is 32.9 Å². The number of likely N-dealkylation sites (N-methyl/N-ethyl adjacent to an activating group) is 1. The van der Waals surface area contributed by atoms with Gasteiger partial charge < -0.3 is 28.8 Å². The topological polar surface area (TPSA) is 108 Å². The number of carbonyl (C=O) groups is 1. The molecule has 0 aromatic carbocycles. The van der Waals surface area contributed by atoms with Gasteiger partial charge in [0.05, 0.1) is 39.9 Å². The number of aliphatic hydroxyl groups excluding tert-OH is 1. The van der Waals surface area contributed by atoms with Crippen LogP contribution < -0.4 is 10.2 Å². The number of nitrogens with one attached hydrogen (secondary N) is 1. The summed E-state index contributed by atoms with van der Waals surface area (Å²) in [6.45, 7) is 4.74. The van der Waals surface area contributed by atoms with Gasteiger partial charge in [-0.15, -0.1) is 0 Å². The first kappa shape index (κ1) is 62.2. The molecule has 8 nitrogen and oxygen atoms in total. The smallest absolute Gasteiger partial charge is 0.268 e. The van der Waals surface area contributed by atoms with Gasteiger partial charge in [0.1, 0.15) is 13.2 Å². The average molecular weight is 913 g/mol. The molecule has 63 heavy (non-hydrogen) atoms. The van der Waals surface area contributed by atoms with E-state index in [-0.39, 0.29) is 19.1 Å². The lowest BCUT2D eigenvalue weighted by molar-refractivity contribution is -0.870. The van der Waals surface area contributed by atoms with Crippen LogP contribution in [0.4, 0.5) is 0 Å². The number of amides is 1. The zero-order valence-electron chi connectivity index (χ0n) is 42.8. The quantitative estimate of drug-likeness (QED) is 0.0272. The Kier molecular flexibility index (Phi) is 45.8. The monoisotopic (exact) mass is 913 g/mol. The number of hydrogen-bond donors (Lipinski definition) is 2. The fourth-order valence-electron chi connectivity index (χ4n) is 8.39. The highest BCUT2D eigenvalue weighted by molar-refractivity contribution is 7.45. The van der Waals surface area contributed by atoms with Gasteiger partial charge >= 0.3 is 0 Å². The highest BCUT2D eigenvalue weighted by Crippen LogP contribution is 2.38. The molecule has 0 aliphatic rings. The second-order valence-electron chi connectivity index (χ2n) is 20.3. The summed E-state index contributed by atoms with van der Waals surface area (Å²) in [6.07, 6.45) is 55.4. The van der Waals surface area contributed by atoms with Crippen molar-refractivity contribution >= 4 is 13.7 Å². The first-order chi connectivity index (χ1) is 30.5. The number of phosphoric acid groups is 1. The molecule has 376 valence electrons. The third-order valence-corrected chi connectivity index (χ3v) is 13.7. The number of unbranched alkanes of at least 4 members (excludes halogenated alkanes) is 36. The first-order valence-corrected chi connectivity index (χ1v) is 29.0. The van der Waals surface area contributed by atoms with E-state index in [9.17, 15) is 19.4 Å². The Balaban J connectivity index is 3.98. The molecule has 0 fully saturated rings. The van der Waals surface area contributed by atoms with Crippen LogP contribution in [-0.4, -0.2) is 68.5 Å². The van der Waals surface area contributed by atoms with Crippen LogP contribution in [0.3, 0.4) is 0 Å². The van der Waals surface area contributed by atoms with Gasteiger partial charge in [-0.1, -0.05) is 244 Å². The van der Waals surface area contributed by atoms with Crippen molar-refractivity contribution in [1.29, 1.82) is 0 Å². The molecule has 0 heterocycles. The lowest BCUT2D eigenvalue weighted by Gasteiger charge is -2.30. The van der Waals surface area contributed by atoms with Gasteiger partial charge in [-0.05, 0) is 38.5 Å². The molecule has 0 aromatic heterocycles. The van der Waals surface area contributed by atoms with E-state index >= 15 is 0 Å². The number of aliphatic hydroxyl groups is 1. The predicted octanol–water partition coefficient (Wildman–Crippen LogP) is 15.6. The Morgan fingerprint density at radius 1 is 0.540 bits per heavy atom. The van der Waals surface area contributed by atoms with Crippen molar-refractivity contribution in [2.45, 2.75) is 289 Å². The normalized spacial score (nSPS) is 14.1. The number of quaternary nitrogens is 1. The Morgan fingerprint density at radius 2 is 0.873 bits per heavy atom. The summed E-state index contributed by atoms with van der Waals surface area (Å²) >= 11 is 0. The lowest BCUT2D eigenvalue weighted by atomic mass is 10.0. The van der Waals surface area contributed by atoms with E-state index in [1.165, 1.54) is 212 Å². The maximum Gasteiger partial charge on any atom is 0.268 e. The third-order valence-electron chi connectivity index (χ3n) is 12.8. The Bertz CT molecular complexity index is 1040. The van der Waals surface area contributed by atoms with Crippen LogP contribution in [0.2, 0.25) is 0 Å². The summed E-state index contributed by atoms with van der Waals surface area (Å²) < 4.78 is 23.3. The Morgan fingerprint density at radius 3 is 1.24 bits per heavy atom. The van der Waals surface area contributed by atoms with Crippen molar-refractivity contribution in [1.82, 2.24) is 5.32 Å². The highest BCUT2D eigenvalue weighted by atomic mass is 31.2. The number of phosphoric ester groups is 1. The molecule has 0 aliphatic heterocycles. The van der Waals surface area contributed by atoms with Crippen molar-refractivity contribution in [2.24, 2.45) is 0 Å². The molecule has 1 amide bonds. The second-order valence-corrected chi connectivity index (χ2v) is 21.7. The van der Waals surface area contributed by atoms with Gasteiger partial charge in [0, 0.05) is 6.42 Å². The molecule has 0 saturated carbocycles. The molecule has 0 saturated heterocycles. The molecular formula is C54H109N2O6P. The van der Waals surface area contributed by atoms with Gasteiger partial charge in [-0.2, -0.15) is 0 Å². The van der Waals surface area contributed by atoms with Gasteiger partial charge in [-0.25, -0.2) is 0 Å². The van der Waals surface area contributed by atoms with Crippen LogP contribution in [-0.2, 0) is 18.4 Å². The lowest BCUT2D eigenvalue weighted by Crippen LogP contribution is -2.46. The predicted molar refractivity (Wildman–Crippen MR) is 270 cm³/mol. The van der Waals surface area contributed by atoms with E-state index in [0.29, 0.717) is 23.9 Å². The molecule has 0 bridgehead atoms. The molecular weight excluding hydrogens is 804 g/mol. The zero-order valence-corrected chi connectivity index (χ0v) is 43.7. The van der Waals surface area contributed by atoms with E-state index < -0.39 is 20.0 Å². The average Bonchev–Trinajstić information content (AvgIpc) is 3.24. The maximum absolute atomic E-state index is 12.9. The minimum atomic E-state index is -4.56. The van der Waals surface area contributed by atoms with Gasteiger partial charge in [-0.3, -0.25) is 9.36 Å². The molecule has 0 aliphatic carbocycles. The van der Waals surface area contributed by atoms with Crippen LogP contribution >= 0.6 is 7.82 Å². The van der Waals surface area contributed by atoms with E-state index in [4.69, 9.17) is 9.05 Å². The van der Waals surface area contributed by atoms with Crippen molar-refractivity contribution in [2.75, 3.05) is 40.9 Å². The molecule has 0 spiro atoms. The largest absolute Gasteiger partial charge is 0.756 e. The fourth-order valence-corrected chi connectivity index (χ4v) is 9.11. The standard InChI is InChI=1S/C54H109N2O6P/c1-6-8-10-12-14-16-18-19-20-21-22-23-24-25-26-27-28-29-30-31-32-33-34-35-36-38-40-42-44-46-48-54(58)55-52(51-62-63(59,60)61-50-49-56(3,4)5)53(57)47-45-43-41-39-37-17-15-13-11-9-7-2/h25-26,52-53,57H,6-24,27-51H2,1-5H3,(H-,55,58,59,60)/b26-25-. The fraction of sp³-hybridized carbons (Fsp3) is 0.944. The summed E-state index contributed by atoms with van der Waals surface area (Å²) in [5, 5.41) is 13.9. The minimum absolute atomic E-state index is 0.0146. The van der Waals surface area contributed by atoms with Crippen LogP contribution in [0.15, 0.2) is 12.2 Å². The Hall–Kier alpha value is -0.760. The summed E-state index contributed by atoms with van der Waals surface area (Å²) in [6, 6.07) is -0.796. The van der Waals surface area contributed by atoms with Gasteiger partial charge in [0.15, 0.2) is 0 Å². The van der Waals surface area contributed by atoms with Crippen LogP contribution in [0.1, 0.15) is 277 Å². The van der Waals surface area contributed by atoms with Crippen molar-refractivity contribution in [3.8, 4) is 0 Å². The van der Waals surface area contributed by atoms with Crippen LogP contribution in [0.25, 0.3) is 0 Å². The number of carbonyl (C=O) groups excluding carboxylic acids is 1. The molecule has 3 unspecified atom stereocenters. The van der Waals surface area contributed by atoms with Crippen molar-refractivity contribution in [3.05, 3.63) is 12.2 Å². The molecule has 0 radical (unpaired) electrons. The third kappa shape index (κ3) is 49.0. The van der Waals surface area contributed by atoms with Crippen LogP contribution in [0, 0.1) is 0 Å². The van der Waals surface area contributed by atoms with E-state index in [1.807, 2.05) is 21.1 Å². The molecule has 3 atom stereocenters. The minimum Gasteiger partial charge on any atom is -0.756 e. The summed E-state index contributed by atoms with van der Waals surface area (Å²) in [7, 11) is 1.32. The number of hydrogen-bond acceptors (Lipinski definition) is 6. The van der Waals surface area contributed by atoms with E-state index in [0.717, 1.165) is 38.5 Å². The molecule has 0 rings (SSSR count). The molecule has 0 aromatic rings. The van der Waals surface area contributed by atoms with Gasteiger partial charge in [0.25, 0.3) is 7.82 Å². The summed E-state index contributed by atoms with van der Waals surface area (Å²) in [4.78, 5) is 25.4. The first-order valence-electron chi connectivity index (χ1n) is 27.5. The zero-order chi connectivity index (χ0) is 46.4. The SMILES string of the molecule is CCCCCCCCCCCCCC/C=C\CCCCCCCCCCCCCCCCC(=O)NC(COP(=O)([O-])OCC[N+](C)(C)C)C(O)CCCCCCCCCCCCC. The summed E-state index contributed by atoms with van der Waals surface area (Å²) in [5.74, 6) is -0.162. The summed E-state index contributed by atoms with van der Waals surface area (Å²) in [5.41, 5.74) is 0. The number of allylic oxidation sites excluding steroid dienone is 2. The number of rotatable bonds is 51. The number of nitrogens with zero attached hydrogens (tertiary/aromatic N) is 1. The second kappa shape index (κ2) is 46.4. The van der Waals surface area contributed by atoms with Gasteiger partial charge in [0.2, 0.25) is 5.91 Å². The Labute approximate surface area is 392 Å². The highest BCUT2D eigenvalue weighted by Gasteiger charge is 2.24. The van der Waals surface area contributed by atoms with Crippen LogP contribution in [0.5, 0.6) is 0 Å². The molecule has 2 N–H and O–H groups in total. The van der Waals surface area contributed by atoms with Crippen molar-refractivity contribution in [3.63, 3.8) is 0 Å². The van der Waals surface area contributed by atoms with E-state index in [1.54, 1.807) is 0 Å². The maximum atomic E-state index is 12.9. The van der Waals surface area contributed by atoms with E-state index in [2.05, 4.69) is 31.3 Å². The molecule has 9 heteroatoms.